The van der Waals surface area contributed by atoms with E-state index < -0.39 is 0 Å². The van der Waals surface area contributed by atoms with Gasteiger partial charge < -0.3 is 10.6 Å². The average Bonchev–Trinajstić information content (AvgIpc) is 3.03. The van der Waals surface area contributed by atoms with Gasteiger partial charge in [-0.15, -0.1) is 0 Å². The third-order valence-electron chi connectivity index (χ3n) is 4.41. The fourth-order valence-corrected chi connectivity index (χ4v) is 3.14. The average molecular weight is 362 g/mol. The Kier molecular flexibility index (Phi) is 6.04. The summed E-state index contributed by atoms with van der Waals surface area (Å²) in [6, 6.07) is 22.0. The van der Waals surface area contributed by atoms with Crippen LogP contribution >= 0.6 is 0 Å². The highest BCUT2D eigenvalue weighted by Crippen LogP contribution is 2.21. The van der Waals surface area contributed by atoms with Crippen molar-refractivity contribution in [3.63, 3.8) is 0 Å². The summed E-state index contributed by atoms with van der Waals surface area (Å²) >= 11 is 0. The second-order valence-electron chi connectivity index (χ2n) is 6.98. The van der Waals surface area contributed by atoms with Gasteiger partial charge in [0, 0.05) is 12.1 Å². The van der Waals surface area contributed by atoms with Gasteiger partial charge in [-0.25, -0.2) is 4.68 Å². The van der Waals surface area contributed by atoms with E-state index in [0.717, 1.165) is 11.4 Å². The number of carbonyl (C=O) groups excluding carboxylic acids is 1. The zero-order valence-electron chi connectivity index (χ0n) is 16.0. The Balaban J connectivity index is 1.68. The molecule has 5 nitrogen and oxygen atoms in total. The lowest BCUT2D eigenvalue weighted by molar-refractivity contribution is -0.115. The molecule has 3 rings (SSSR count). The number of hydrogen-bond donors (Lipinski definition) is 2. The lowest BCUT2D eigenvalue weighted by atomic mass is 9.96. The van der Waals surface area contributed by atoms with E-state index in [-0.39, 0.29) is 18.5 Å². The molecular formula is C22H26N4O. The molecule has 0 unspecified atom stereocenters. The molecule has 0 radical (unpaired) electrons. The number of benzene rings is 2. The minimum absolute atomic E-state index is 0.0892. The molecule has 0 aliphatic rings. The molecule has 0 spiro atoms. The van der Waals surface area contributed by atoms with Crippen molar-refractivity contribution in [2.24, 2.45) is 5.92 Å². The van der Waals surface area contributed by atoms with Crippen LogP contribution in [-0.2, 0) is 4.79 Å². The van der Waals surface area contributed by atoms with Gasteiger partial charge in [-0.05, 0) is 30.5 Å². The van der Waals surface area contributed by atoms with Gasteiger partial charge in [-0.2, -0.15) is 5.10 Å². The summed E-state index contributed by atoms with van der Waals surface area (Å²) in [4.78, 5) is 12.5. The number of aryl methyl sites for hydroxylation is 1. The topological polar surface area (TPSA) is 59.0 Å². The number of para-hydroxylation sites is 1. The lowest BCUT2D eigenvalue weighted by Gasteiger charge is -2.22. The van der Waals surface area contributed by atoms with Crippen molar-refractivity contribution in [3.05, 3.63) is 78.0 Å². The summed E-state index contributed by atoms with van der Waals surface area (Å²) in [6.07, 6.45) is 0. The Labute approximate surface area is 160 Å². The van der Waals surface area contributed by atoms with Crippen molar-refractivity contribution < 1.29 is 4.79 Å². The van der Waals surface area contributed by atoms with Crippen LogP contribution in [0.2, 0.25) is 0 Å². The molecule has 5 heteroatoms. The van der Waals surface area contributed by atoms with E-state index in [4.69, 9.17) is 0 Å². The molecule has 0 saturated carbocycles. The maximum absolute atomic E-state index is 12.5. The van der Waals surface area contributed by atoms with Crippen LogP contribution in [0.1, 0.15) is 31.1 Å². The van der Waals surface area contributed by atoms with Crippen LogP contribution in [0.25, 0.3) is 5.69 Å². The van der Waals surface area contributed by atoms with E-state index >= 15 is 0 Å². The zero-order chi connectivity index (χ0) is 19.2. The van der Waals surface area contributed by atoms with Gasteiger partial charge in [0.25, 0.3) is 0 Å². The number of nitrogens with one attached hydrogen (secondary N) is 2. The number of amides is 1. The molecule has 140 valence electrons. The molecule has 27 heavy (non-hydrogen) atoms. The normalized spacial score (nSPS) is 12.1. The minimum atomic E-state index is -0.0892. The third-order valence-corrected chi connectivity index (χ3v) is 4.41. The maximum atomic E-state index is 12.5. The zero-order valence-corrected chi connectivity index (χ0v) is 16.0. The van der Waals surface area contributed by atoms with Gasteiger partial charge in [-0.1, -0.05) is 62.4 Å². The van der Waals surface area contributed by atoms with Crippen LogP contribution in [0.5, 0.6) is 0 Å². The SMILES string of the molecule is Cc1cc(NC(=O)CN[C@H](c2ccccc2)C(C)C)n(-c2ccccc2)n1. The summed E-state index contributed by atoms with van der Waals surface area (Å²) in [5.41, 5.74) is 2.95. The molecular weight excluding hydrogens is 336 g/mol. The van der Waals surface area contributed by atoms with E-state index in [9.17, 15) is 4.79 Å². The second kappa shape index (κ2) is 8.64. The third kappa shape index (κ3) is 4.83. The van der Waals surface area contributed by atoms with Crippen LogP contribution in [0, 0.1) is 12.8 Å². The van der Waals surface area contributed by atoms with E-state index in [1.807, 2.05) is 61.5 Å². The molecule has 0 saturated heterocycles. The summed E-state index contributed by atoms with van der Waals surface area (Å²) < 4.78 is 1.75. The molecule has 0 aliphatic heterocycles. The molecule has 0 bridgehead atoms. The Hall–Kier alpha value is -2.92. The number of aromatic nitrogens is 2. The number of hydrogen-bond acceptors (Lipinski definition) is 3. The fourth-order valence-electron chi connectivity index (χ4n) is 3.14. The Morgan fingerprint density at radius 3 is 2.30 bits per heavy atom. The van der Waals surface area contributed by atoms with E-state index in [0.29, 0.717) is 11.7 Å². The smallest absolute Gasteiger partial charge is 0.239 e. The standard InChI is InChI=1S/C22H26N4O/c1-16(2)22(18-10-6-4-7-11-18)23-15-21(27)24-20-14-17(3)25-26(20)19-12-8-5-9-13-19/h4-14,16,22-23H,15H2,1-3H3,(H,24,27)/t22-/m0/s1. The summed E-state index contributed by atoms with van der Waals surface area (Å²) in [5.74, 6) is 0.956. The van der Waals surface area contributed by atoms with Gasteiger partial charge in [0.2, 0.25) is 5.91 Å². The molecule has 1 amide bonds. The summed E-state index contributed by atoms with van der Waals surface area (Å²) in [7, 11) is 0. The monoisotopic (exact) mass is 362 g/mol. The van der Waals surface area contributed by atoms with Crippen molar-refractivity contribution in [3.8, 4) is 5.69 Å². The molecule has 1 heterocycles. The quantitative estimate of drug-likeness (QED) is 0.665. The molecule has 0 fully saturated rings. The van der Waals surface area contributed by atoms with Crippen LogP contribution in [0.15, 0.2) is 66.7 Å². The highest BCUT2D eigenvalue weighted by atomic mass is 16.2. The Morgan fingerprint density at radius 2 is 1.67 bits per heavy atom. The van der Waals surface area contributed by atoms with E-state index in [1.54, 1.807) is 4.68 Å². The first-order chi connectivity index (χ1) is 13.0. The van der Waals surface area contributed by atoms with Gasteiger partial charge >= 0.3 is 0 Å². The highest BCUT2D eigenvalue weighted by Gasteiger charge is 2.17. The van der Waals surface area contributed by atoms with Crippen molar-refractivity contribution in [2.45, 2.75) is 26.8 Å². The number of carbonyl (C=O) groups is 1. The van der Waals surface area contributed by atoms with Crippen molar-refractivity contribution in [2.75, 3.05) is 11.9 Å². The predicted octanol–water partition coefficient (Wildman–Crippen LogP) is 4.11. The summed E-state index contributed by atoms with van der Waals surface area (Å²) in [5, 5.41) is 10.8. The Morgan fingerprint density at radius 1 is 1.04 bits per heavy atom. The molecule has 1 atom stereocenters. The minimum Gasteiger partial charge on any atom is -0.309 e. The van der Waals surface area contributed by atoms with Crippen molar-refractivity contribution in [1.82, 2.24) is 15.1 Å². The molecule has 0 aliphatic carbocycles. The van der Waals surface area contributed by atoms with Crippen LogP contribution < -0.4 is 10.6 Å². The largest absolute Gasteiger partial charge is 0.309 e. The first-order valence-electron chi connectivity index (χ1n) is 9.25. The number of anilines is 1. The molecule has 3 aromatic rings. The van der Waals surface area contributed by atoms with Gasteiger partial charge in [-0.3, -0.25) is 4.79 Å². The highest BCUT2D eigenvalue weighted by molar-refractivity contribution is 5.91. The predicted molar refractivity (Wildman–Crippen MR) is 109 cm³/mol. The molecule has 2 N–H and O–H groups in total. The molecule has 1 aromatic heterocycles. The van der Waals surface area contributed by atoms with Crippen LogP contribution in [-0.4, -0.2) is 22.2 Å². The maximum Gasteiger partial charge on any atom is 0.239 e. The first-order valence-corrected chi connectivity index (χ1v) is 9.25. The van der Waals surface area contributed by atoms with Crippen LogP contribution in [0.4, 0.5) is 5.82 Å². The lowest BCUT2D eigenvalue weighted by Crippen LogP contribution is -2.34. The molecule has 2 aromatic carbocycles. The van der Waals surface area contributed by atoms with Crippen molar-refractivity contribution in [1.29, 1.82) is 0 Å². The number of rotatable bonds is 7. The van der Waals surface area contributed by atoms with E-state index in [2.05, 4.69) is 41.7 Å². The Bertz CT molecular complexity index is 872. The van der Waals surface area contributed by atoms with Gasteiger partial charge in [0.15, 0.2) is 0 Å². The summed E-state index contributed by atoms with van der Waals surface area (Å²) in [6.45, 7) is 6.45. The fraction of sp³-hybridized carbons (Fsp3) is 0.273. The van der Waals surface area contributed by atoms with Gasteiger partial charge in [0.1, 0.15) is 5.82 Å². The number of nitrogens with zero attached hydrogens (tertiary/aromatic N) is 2. The second-order valence-corrected chi connectivity index (χ2v) is 6.98. The van der Waals surface area contributed by atoms with Gasteiger partial charge in [0.05, 0.1) is 17.9 Å². The van der Waals surface area contributed by atoms with E-state index in [1.165, 1.54) is 5.56 Å². The first kappa shape index (κ1) is 18.9. The van der Waals surface area contributed by atoms with Crippen molar-refractivity contribution >= 4 is 11.7 Å². The van der Waals surface area contributed by atoms with Crippen LogP contribution in [0.3, 0.4) is 0 Å².